The first-order valence-electron chi connectivity index (χ1n) is 7.23. The summed E-state index contributed by atoms with van der Waals surface area (Å²) in [5.41, 5.74) is 0.246. The summed E-state index contributed by atoms with van der Waals surface area (Å²) in [6.07, 6.45) is 5.76. The Morgan fingerprint density at radius 1 is 1.48 bits per heavy atom. The largest absolute Gasteiger partial charge is 0.351 e. The lowest BCUT2D eigenvalue weighted by molar-refractivity contribution is 0.0944. The maximum atomic E-state index is 12.1. The second-order valence-electron chi connectivity index (χ2n) is 5.41. The Kier molecular flexibility index (Phi) is 5.27. The highest BCUT2D eigenvalue weighted by Gasteiger charge is 2.28. The Bertz CT molecular complexity index is 608. The van der Waals surface area contributed by atoms with Crippen LogP contribution in [0.15, 0.2) is 4.90 Å². The van der Waals surface area contributed by atoms with Gasteiger partial charge in [-0.15, -0.1) is 0 Å². The van der Waals surface area contributed by atoms with Crippen molar-refractivity contribution >= 4 is 25.6 Å². The Balaban J connectivity index is 2.04. The van der Waals surface area contributed by atoms with Gasteiger partial charge in [0.1, 0.15) is 4.90 Å². The number of aromatic nitrogens is 2. The fourth-order valence-corrected chi connectivity index (χ4v) is 3.60. The standard InChI is InChI=1S/C13H20ClN3O3S/c1-2-4-10-12(21(14,19)20)11(17-16-10)13(18)15-8-3-5-9-6-7-9/h9H,2-8H2,1H3,(H,15,18)(H,16,17). The molecule has 0 spiro atoms. The molecule has 0 atom stereocenters. The van der Waals surface area contributed by atoms with Crippen LogP contribution in [0.25, 0.3) is 0 Å². The molecule has 0 radical (unpaired) electrons. The average Bonchev–Trinajstić information content (AvgIpc) is 3.12. The minimum absolute atomic E-state index is 0.139. The van der Waals surface area contributed by atoms with E-state index in [2.05, 4.69) is 15.5 Å². The highest BCUT2D eigenvalue weighted by Crippen LogP contribution is 2.33. The van der Waals surface area contributed by atoms with E-state index in [0.717, 1.165) is 25.2 Å². The lowest BCUT2D eigenvalue weighted by Crippen LogP contribution is -2.26. The molecule has 2 N–H and O–H groups in total. The van der Waals surface area contributed by atoms with Crippen LogP contribution in [0, 0.1) is 5.92 Å². The van der Waals surface area contributed by atoms with Crippen LogP contribution in [-0.4, -0.2) is 31.1 Å². The SMILES string of the molecule is CCCc1[nH]nc(C(=O)NCCCC2CC2)c1S(=O)(=O)Cl. The van der Waals surface area contributed by atoms with Gasteiger partial charge in [-0.05, 0) is 25.2 Å². The van der Waals surface area contributed by atoms with Gasteiger partial charge in [-0.3, -0.25) is 9.89 Å². The number of aryl methyl sites for hydroxylation is 1. The highest BCUT2D eigenvalue weighted by atomic mass is 35.7. The van der Waals surface area contributed by atoms with E-state index < -0.39 is 15.0 Å². The summed E-state index contributed by atoms with van der Waals surface area (Å²) in [7, 11) is 1.43. The van der Waals surface area contributed by atoms with Crippen LogP contribution < -0.4 is 5.32 Å². The molecule has 118 valence electrons. The van der Waals surface area contributed by atoms with Gasteiger partial charge in [0.15, 0.2) is 5.69 Å². The van der Waals surface area contributed by atoms with E-state index in [1.165, 1.54) is 12.8 Å². The molecular weight excluding hydrogens is 314 g/mol. The summed E-state index contributed by atoms with van der Waals surface area (Å²) in [4.78, 5) is 11.9. The molecule has 1 heterocycles. The van der Waals surface area contributed by atoms with E-state index in [1.807, 2.05) is 6.92 Å². The third-order valence-electron chi connectivity index (χ3n) is 3.52. The molecule has 1 aromatic rings. The number of nitrogens with zero attached hydrogens (tertiary/aromatic N) is 1. The van der Waals surface area contributed by atoms with Crippen LogP contribution >= 0.6 is 10.7 Å². The van der Waals surface area contributed by atoms with Gasteiger partial charge in [0.25, 0.3) is 15.0 Å². The van der Waals surface area contributed by atoms with Gasteiger partial charge in [-0.2, -0.15) is 5.10 Å². The summed E-state index contributed by atoms with van der Waals surface area (Å²) in [5.74, 6) is 0.311. The normalized spacial score (nSPS) is 15.1. The topological polar surface area (TPSA) is 91.9 Å². The van der Waals surface area contributed by atoms with Crippen molar-refractivity contribution in [2.75, 3.05) is 6.54 Å². The number of hydrogen-bond acceptors (Lipinski definition) is 4. The lowest BCUT2D eigenvalue weighted by atomic mass is 10.2. The van der Waals surface area contributed by atoms with Gasteiger partial charge in [0.05, 0.1) is 5.69 Å². The van der Waals surface area contributed by atoms with Crippen molar-refractivity contribution in [3.8, 4) is 0 Å². The van der Waals surface area contributed by atoms with Crippen molar-refractivity contribution in [3.05, 3.63) is 11.4 Å². The van der Waals surface area contributed by atoms with Gasteiger partial charge >= 0.3 is 0 Å². The molecule has 2 rings (SSSR count). The monoisotopic (exact) mass is 333 g/mol. The van der Waals surface area contributed by atoms with E-state index in [0.29, 0.717) is 18.7 Å². The summed E-state index contributed by atoms with van der Waals surface area (Å²) in [6.45, 7) is 2.43. The zero-order valence-electron chi connectivity index (χ0n) is 12.0. The van der Waals surface area contributed by atoms with Crippen LogP contribution in [0.4, 0.5) is 0 Å². The number of amides is 1. The summed E-state index contributed by atoms with van der Waals surface area (Å²) >= 11 is 0. The molecule has 0 bridgehead atoms. The number of halogens is 1. The fourth-order valence-electron chi connectivity index (χ4n) is 2.29. The van der Waals surface area contributed by atoms with Crippen LogP contribution in [-0.2, 0) is 15.5 Å². The molecule has 0 aliphatic heterocycles. The van der Waals surface area contributed by atoms with E-state index >= 15 is 0 Å². The molecule has 6 nitrogen and oxygen atoms in total. The number of aromatic amines is 1. The van der Waals surface area contributed by atoms with Crippen molar-refractivity contribution in [1.29, 1.82) is 0 Å². The Hall–Kier alpha value is -1.08. The Morgan fingerprint density at radius 3 is 2.76 bits per heavy atom. The van der Waals surface area contributed by atoms with Crippen LogP contribution in [0.3, 0.4) is 0 Å². The van der Waals surface area contributed by atoms with E-state index in [4.69, 9.17) is 10.7 Å². The predicted octanol–water partition coefficient (Wildman–Crippen LogP) is 2.21. The van der Waals surface area contributed by atoms with Gasteiger partial charge < -0.3 is 5.32 Å². The van der Waals surface area contributed by atoms with Crippen molar-refractivity contribution in [2.45, 2.75) is 50.3 Å². The van der Waals surface area contributed by atoms with Gasteiger partial charge in [-0.25, -0.2) is 8.42 Å². The predicted molar refractivity (Wildman–Crippen MR) is 79.9 cm³/mol. The Morgan fingerprint density at radius 2 is 2.19 bits per heavy atom. The molecule has 0 aromatic carbocycles. The number of hydrogen-bond donors (Lipinski definition) is 2. The molecule has 0 saturated heterocycles. The third-order valence-corrected chi connectivity index (χ3v) is 4.91. The molecule has 0 unspecified atom stereocenters. The zero-order chi connectivity index (χ0) is 15.5. The fraction of sp³-hybridized carbons (Fsp3) is 0.692. The molecule has 1 amide bonds. The molecule has 1 aliphatic carbocycles. The van der Waals surface area contributed by atoms with Crippen LogP contribution in [0.1, 0.15) is 55.2 Å². The minimum atomic E-state index is -4.00. The smallest absolute Gasteiger partial charge is 0.273 e. The van der Waals surface area contributed by atoms with Gasteiger partial charge in [-0.1, -0.05) is 26.2 Å². The van der Waals surface area contributed by atoms with Crippen LogP contribution in [0.5, 0.6) is 0 Å². The maximum Gasteiger partial charge on any atom is 0.273 e. The number of carbonyl (C=O) groups is 1. The molecule has 8 heteroatoms. The number of carbonyl (C=O) groups excluding carboxylic acids is 1. The molecule has 1 saturated carbocycles. The summed E-state index contributed by atoms with van der Waals surface area (Å²) < 4.78 is 23.3. The quantitative estimate of drug-likeness (QED) is 0.563. The number of nitrogens with one attached hydrogen (secondary N) is 2. The minimum Gasteiger partial charge on any atom is -0.351 e. The van der Waals surface area contributed by atoms with E-state index in [1.54, 1.807) is 0 Å². The molecule has 1 aromatic heterocycles. The first-order valence-corrected chi connectivity index (χ1v) is 9.54. The first-order chi connectivity index (χ1) is 9.93. The van der Waals surface area contributed by atoms with Crippen LogP contribution in [0.2, 0.25) is 0 Å². The maximum absolute atomic E-state index is 12.1. The highest BCUT2D eigenvalue weighted by molar-refractivity contribution is 8.13. The van der Waals surface area contributed by atoms with Crippen molar-refractivity contribution in [2.24, 2.45) is 5.92 Å². The summed E-state index contributed by atoms with van der Waals surface area (Å²) in [5, 5.41) is 9.14. The number of H-pyrrole nitrogens is 1. The lowest BCUT2D eigenvalue weighted by Gasteiger charge is -2.04. The van der Waals surface area contributed by atoms with Gasteiger partial charge in [0.2, 0.25) is 0 Å². The second-order valence-corrected chi connectivity index (χ2v) is 7.91. The first kappa shape index (κ1) is 16.3. The summed E-state index contributed by atoms with van der Waals surface area (Å²) in [6, 6.07) is 0. The number of rotatable bonds is 8. The molecule has 1 fully saturated rings. The van der Waals surface area contributed by atoms with Crippen molar-refractivity contribution in [3.63, 3.8) is 0 Å². The molecule has 21 heavy (non-hydrogen) atoms. The van der Waals surface area contributed by atoms with Crippen molar-refractivity contribution < 1.29 is 13.2 Å². The van der Waals surface area contributed by atoms with Gasteiger partial charge in [0, 0.05) is 17.2 Å². The van der Waals surface area contributed by atoms with E-state index in [9.17, 15) is 13.2 Å². The third kappa shape index (κ3) is 4.44. The molecular formula is C13H20ClN3O3S. The zero-order valence-corrected chi connectivity index (χ0v) is 13.6. The second kappa shape index (κ2) is 6.79. The Labute approximate surface area is 129 Å². The van der Waals surface area contributed by atoms with E-state index in [-0.39, 0.29) is 10.6 Å². The molecule has 1 aliphatic rings. The van der Waals surface area contributed by atoms with Crippen molar-refractivity contribution in [1.82, 2.24) is 15.5 Å². The average molecular weight is 334 g/mol.